The van der Waals surface area contributed by atoms with Gasteiger partial charge in [-0.15, -0.1) is 0 Å². The molecule has 0 unspecified atom stereocenters. The highest BCUT2D eigenvalue weighted by Crippen LogP contribution is 2.33. The molecule has 0 bridgehead atoms. The van der Waals surface area contributed by atoms with Gasteiger partial charge in [-0.05, 0) is 60.5 Å². The van der Waals surface area contributed by atoms with Gasteiger partial charge >= 0.3 is 5.97 Å². The smallest absolute Gasteiger partial charge is 0.340 e. The number of carbonyl (C=O) groups excluding carboxylic acids is 3. The van der Waals surface area contributed by atoms with Crippen molar-refractivity contribution >= 4 is 34.5 Å². The van der Waals surface area contributed by atoms with Gasteiger partial charge in [0.05, 0.1) is 23.7 Å². The summed E-state index contributed by atoms with van der Waals surface area (Å²) in [5.41, 5.74) is 4.99. The molecule has 0 aliphatic carbocycles. The van der Waals surface area contributed by atoms with E-state index in [9.17, 15) is 14.4 Å². The number of anilines is 1. The van der Waals surface area contributed by atoms with Crippen molar-refractivity contribution in [3.8, 4) is 17.2 Å². The molecule has 0 fully saturated rings. The van der Waals surface area contributed by atoms with E-state index in [0.29, 0.717) is 35.4 Å². The van der Waals surface area contributed by atoms with Crippen molar-refractivity contribution in [3.63, 3.8) is 0 Å². The van der Waals surface area contributed by atoms with E-state index in [1.54, 1.807) is 37.5 Å². The molecular formula is C25H21N5O4. The minimum absolute atomic E-state index is 0.00745. The van der Waals surface area contributed by atoms with Gasteiger partial charge in [0.1, 0.15) is 5.69 Å². The Kier molecular flexibility index (Phi) is 5.29. The monoisotopic (exact) mass is 455 g/mol. The molecule has 9 heteroatoms. The number of ether oxygens (including phenoxy) is 1. The first-order chi connectivity index (χ1) is 16.5. The summed E-state index contributed by atoms with van der Waals surface area (Å²) in [7, 11) is 2.88. The van der Waals surface area contributed by atoms with Gasteiger partial charge in [-0.25, -0.2) is 9.78 Å². The van der Waals surface area contributed by atoms with Crippen LogP contribution in [0.2, 0.25) is 0 Å². The molecule has 34 heavy (non-hydrogen) atoms. The zero-order valence-corrected chi connectivity index (χ0v) is 18.6. The summed E-state index contributed by atoms with van der Waals surface area (Å²) in [6.45, 7) is 0. The highest BCUT2D eigenvalue weighted by molar-refractivity contribution is 6.00. The number of benzene rings is 2. The van der Waals surface area contributed by atoms with Gasteiger partial charge in [0, 0.05) is 36.6 Å². The molecule has 1 aliphatic rings. The molecule has 2 N–H and O–H groups in total. The molecule has 0 spiro atoms. The lowest BCUT2D eigenvalue weighted by molar-refractivity contribution is -0.116. The Hall–Kier alpha value is -4.53. The maximum atomic E-state index is 12.5. The summed E-state index contributed by atoms with van der Waals surface area (Å²) in [5, 5.41) is 5.51. The number of nitrogens with one attached hydrogen (secondary N) is 2. The van der Waals surface area contributed by atoms with Gasteiger partial charge < -0.3 is 15.4 Å². The number of fused-ring (bicyclic) bond motifs is 2. The molecule has 2 amide bonds. The molecule has 0 saturated carbocycles. The number of imidazole rings is 1. The van der Waals surface area contributed by atoms with Crippen molar-refractivity contribution in [2.24, 2.45) is 0 Å². The lowest BCUT2D eigenvalue weighted by Crippen LogP contribution is -2.19. The Balaban J connectivity index is 1.77. The van der Waals surface area contributed by atoms with Crippen LogP contribution in [-0.4, -0.2) is 46.5 Å². The maximum Gasteiger partial charge on any atom is 0.340 e. The average Bonchev–Trinajstić information content (AvgIpc) is 3.26. The number of aromatic nitrogens is 3. The second-order valence-corrected chi connectivity index (χ2v) is 7.83. The lowest BCUT2D eigenvalue weighted by Gasteiger charge is -2.19. The van der Waals surface area contributed by atoms with E-state index in [1.807, 2.05) is 28.8 Å². The minimum atomic E-state index is -0.527. The number of rotatable bonds is 4. The van der Waals surface area contributed by atoms with Crippen molar-refractivity contribution in [2.75, 3.05) is 19.5 Å². The van der Waals surface area contributed by atoms with Crippen LogP contribution >= 0.6 is 0 Å². The van der Waals surface area contributed by atoms with E-state index in [2.05, 4.69) is 15.6 Å². The molecule has 5 rings (SSSR count). The number of nitrogens with zero attached hydrogens (tertiary/aromatic N) is 3. The zero-order chi connectivity index (χ0) is 23.8. The predicted molar refractivity (Wildman–Crippen MR) is 126 cm³/mol. The summed E-state index contributed by atoms with van der Waals surface area (Å²) in [4.78, 5) is 45.7. The number of hydrogen-bond donors (Lipinski definition) is 2. The van der Waals surface area contributed by atoms with Crippen LogP contribution in [0.4, 0.5) is 5.69 Å². The minimum Gasteiger partial charge on any atom is -0.465 e. The van der Waals surface area contributed by atoms with Crippen molar-refractivity contribution in [1.82, 2.24) is 19.9 Å². The molecule has 1 aliphatic heterocycles. The van der Waals surface area contributed by atoms with Crippen LogP contribution in [0.15, 0.2) is 54.7 Å². The number of esters is 1. The van der Waals surface area contributed by atoms with E-state index in [-0.39, 0.29) is 17.4 Å². The number of carbonyl (C=O) groups is 3. The first-order valence-electron chi connectivity index (χ1n) is 10.7. The third-order valence-electron chi connectivity index (χ3n) is 5.81. The van der Waals surface area contributed by atoms with Gasteiger partial charge in [-0.2, -0.15) is 0 Å². The fourth-order valence-electron chi connectivity index (χ4n) is 4.15. The third-order valence-corrected chi connectivity index (χ3v) is 5.81. The average molecular weight is 455 g/mol. The first kappa shape index (κ1) is 21.3. The van der Waals surface area contributed by atoms with E-state index >= 15 is 0 Å². The van der Waals surface area contributed by atoms with Gasteiger partial charge in [-0.3, -0.25) is 19.1 Å². The Morgan fingerprint density at radius 3 is 2.76 bits per heavy atom. The lowest BCUT2D eigenvalue weighted by atomic mass is 10.0. The standard InChI is InChI=1S/C25H21N5O4/c1-26-24(32)15-5-9-20-19(13-15)29-23(22-17(25(33)34-2)4-3-11-27-22)30(20)16-7-8-18-14(12-16)6-10-21(31)28-18/h3-5,7-9,11-13H,6,10H2,1-2H3,(H,26,32)(H,28,31). The van der Waals surface area contributed by atoms with Crippen LogP contribution in [0.3, 0.4) is 0 Å². The van der Waals surface area contributed by atoms with E-state index in [0.717, 1.165) is 22.5 Å². The van der Waals surface area contributed by atoms with Crippen LogP contribution < -0.4 is 10.6 Å². The third kappa shape index (κ3) is 3.57. The number of aryl methyl sites for hydroxylation is 1. The highest BCUT2D eigenvalue weighted by atomic mass is 16.5. The molecule has 0 radical (unpaired) electrons. The Morgan fingerprint density at radius 1 is 1.12 bits per heavy atom. The molecular weight excluding hydrogens is 434 g/mol. The van der Waals surface area contributed by atoms with Gasteiger partial charge in [0.15, 0.2) is 5.82 Å². The van der Waals surface area contributed by atoms with Crippen LogP contribution in [0.25, 0.3) is 28.2 Å². The van der Waals surface area contributed by atoms with E-state index in [1.165, 1.54) is 7.11 Å². The number of hydrogen-bond acceptors (Lipinski definition) is 6. The molecule has 170 valence electrons. The number of amides is 2. The van der Waals surface area contributed by atoms with Crippen molar-refractivity contribution in [2.45, 2.75) is 12.8 Å². The predicted octanol–water partition coefficient (Wildman–Crippen LogP) is 3.12. The SMILES string of the molecule is CNC(=O)c1ccc2c(c1)nc(-c1ncccc1C(=O)OC)n2-c1ccc2c(c1)CCC(=O)N2. The number of pyridine rings is 1. The quantitative estimate of drug-likeness (QED) is 0.457. The summed E-state index contributed by atoms with van der Waals surface area (Å²) in [5.74, 6) is -0.326. The summed E-state index contributed by atoms with van der Waals surface area (Å²) < 4.78 is 6.86. The van der Waals surface area contributed by atoms with Gasteiger partial charge in [-0.1, -0.05) is 0 Å². The molecule has 0 saturated heterocycles. The van der Waals surface area contributed by atoms with Crippen LogP contribution in [0.5, 0.6) is 0 Å². The molecule has 3 heterocycles. The van der Waals surface area contributed by atoms with Crippen LogP contribution in [0, 0.1) is 0 Å². The van der Waals surface area contributed by atoms with Gasteiger partial charge in [0.25, 0.3) is 5.91 Å². The van der Waals surface area contributed by atoms with Crippen molar-refractivity contribution in [1.29, 1.82) is 0 Å². The van der Waals surface area contributed by atoms with Crippen molar-refractivity contribution < 1.29 is 19.1 Å². The Labute approximate surface area is 194 Å². The van der Waals surface area contributed by atoms with Crippen LogP contribution in [-0.2, 0) is 16.0 Å². The first-order valence-corrected chi connectivity index (χ1v) is 10.7. The summed E-state index contributed by atoms with van der Waals surface area (Å²) >= 11 is 0. The van der Waals surface area contributed by atoms with Gasteiger partial charge in [0.2, 0.25) is 5.91 Å². The second kappa shape index (κ2) is 8.43. The maximum absolute atomic E-state index is 12.5. The molecule has 0 atom stereocenters. The number of methoxy groups -OCH3 is 1. The van der Waals surface area contributed by atoms with Crippen molar-refractivity contribution in [3.05, 3.63) is 71.4 Å². The normalized spacial score (nSPS) is 12.7. The highest BCUT2D eigenvalue weighted by Gasteiger charge is 2.23. The molecule has 4 aromatic rings. The fraction of sp³-hybridized carbons (Fsp3) is 0.160. The molecule has 2 aromatic carbocycles. The van der Waals surface area contributed by atoms with E-state index in [4.69, 9.17) is 9.72 Å². The Morgan fingerprint density at radius 2 is 1.97 bits per heavy atom. The summed E-state index contributed by atoms with van der Waals surface area (Å²) in [6.07, 6.45) is 2.62. The largest absolute Gasteiger partial charge is 0.465 e. The summed E-state index contributed by atoms with van der Waals surface area (Å²) in [6, 6.07) is 14.3. The topological polar surface area (TPSA) is 115 Å². The fourth-order valence-corrected chi connectivity index (χ4v) is 4.15. The van der Waals surface area contributed by atoms with E-state index < -0.39 is 5.97 Å². The van der Waals surface area contributed by atoms with Crippen LogP contribution in [0.1, 0.15) is 32.7 Å². The molecule has 2 aromatic heterocycles. The zero-order valence-electron chi connectivity index (χ0n) is 18.6. The second-order valence-electron chi connectivity index (χ2n) is 7.83. The molecule has 9 nitrogen and oxygen atoms in total. The Bertz CT molecular complexity index is 1470.